The van der Waals surface area contributed by atoms with Gasteiger partial charge < -0.3 is 4.74 Å². The Hall–Kier alpha value is -0.0331. The second kappa shape index (κ2) is 5.75. The Morgan fingerprint density at radius 1 is 1.21 bits per heavy atom. The molecule has 14 heavy (non-hydrogen) atoms. The van der Waals surface area contributed by atoms with Gasteiger partial charge in [0.05, 0.1) is 0 Å². The first-order valence-electron chi connectivity index (χ1n) is 4.78. The van der Waals surface area contributed by atoms with Crippen LogP contribution in [0.25, 0.3) is 0 Å². The van der Waals surface area contributed by atoms with Gasteiger partial charge >= 0.3 is 0 Å². The summed E-state index contributed by atoms with van der Waals surface area (Å²) in [6, 6.07) is 1.05. The standard InChI is InChI=1S/C9H19F3OSi/c1-14(2,3)6-4-5-13-8-9(11,12)7-10/h4-8H2,1-3H3. The molecule has 0 N–H and O–H groups in total. The average Bonchev–Trinajstić information content (AvgIpc) is 2.01. The maximum absolute atomic E-state index is 12.3. The largest absolute Gasteiger partial charge is 0.375 e. The third-order valence-electron chi connectivity index (χ3n) is 1.72. The van der Waals surface area contributed by atoms with Crippen molar-refractivity contribution in [1.82, 2.24) is 0 Å². The summed E-state index contributed by atoms with van der Waals surface area (Å²) in [4.78, 5) is 0. The monoisotopic (exact) mass is 228 g/mol. The molecule has 1 nitrogen and oxygen atoms in total. The Morgan fingerprint density at radius 2 is 1.79 bits per heavy atom. The predicted octanol–water partition coefficient (Wildman–Crippen LogP) is 3.34. The van der Waals surface area contributed by atoms with Gasteiger partial charge in [0.1, 0.15) is 6.61 Å². The first-order chi connectivity index (χ1) is 6.27. The number of alkyl halides is 3. The van der Waals surface area contributed by atoms with Crippen LogP contribution in [-0.4, -0.2) is 33.9 Å². The lowest BCUT2D eigenvalue weighted by Gasteiger charge is -2.16. The lowest BCUT2D eigenvalue weighted by atomic mass is 10.4. The summed E-state index contributed by atoms with van der Waals surface area (Å²) in [5.41, 5.74) is 0. The summed E-state index contributed by atoms with van der Waals surface area (Å²) in [5, 5.41) is 0. The van der Waals surface area contributed by atoms with Crippen LogP contribution < -0.4 is 0 Å². The molecular weight excluding hydrogens is 209 g/mol. The number of rotatable bonds is 7. The van der Waals surface area contributed by atoms with Crippen LogP contribution in [0.15, 0.2) is 0 Å². The minimum atomic E-state index is -3.31. The Bertz CT molecular complexity index is 157. The Morgan fingerprint density at radius 3 is 2.21 bits per heavy atom. The number of hydrogen-bond donors (Lipinski definition) is 0. The van der Waals surface area contributed by atoms with Crippen LogP contribution in [0.3, 0.4) is 0 Å². The Kier molecular flexibility index (Phi) is 5.74. The van der Waals surface area contributed by atoms with Gasteiger partial charge in [-0.05, 0) is 6.42 Å². The second-order valence-electron chi connectivity index (χ2n) is 4.71. The summed E-state index contributed by atoms with van der Waals surface area (Å²) in [6.07, 6.45) is 0.790. The fourth-order valence-corrected chi connectivity index (χ4v) is 2.17. The first kappa shape index (κ1) is 14.0. The molecule has 0 rings (SSSR count). The highest BCUT2D eigenvalue weighted by Crippen LogP contribution is 2.15. The smallest absolute Gasteiger partial charge is 0.298 e. The van der Waals surface area contributed by atoms with Crippen LogP contribution in [0.4, 0.5) is 13.2 Å². The molecule has 0 amide bonds. The SMILES string of the molecule is C[Si](C)(C)CCCOCC(F)(F)CF. The van der Waals surface area contributed by atoms with E-state index in [2.05, 4.69) is 19.6 Å². The van der Waals surface area contributed by atoms with E-state index in [1.165, 1.54) is 0 Å². The van der Waals surface area contributed by atoms with E-state index in [0.29, 0.717) is 6.61 Å². The molecule has 0 saturated carbocycles. The van der Waals surface area contributed by atoms with Gasteiger partial charge in [-0.3, -0.25) is 0 Å². The molecule has 0 aliphatic heterocycles. The molecule has 0 fully saturated rings. The minimum Gasteiger partial charge on any atom is -0.375 e. The van der Waals surface area contributed by atoms with E-state index in [-0.39, 0.29) is 0 Å². The average molecular weight is 228 g/mol. The van der Waals surface area contributed by atoms with E-state index in [1.807, 2.05) is 0 Å². The van der Waals surface area contributed by atoms with E-state index >= 15 is 0 Å². The van der Waals surface area contributed by atoms with Gasteiger partial charge in [0.15, 0.2) is 6.67 Å². The molecule has 5 heteroatoms. The van der Waals surface area contributed by atoms with Gasteiger partial charge in [-0.25, -0.2) is 13.2 Å². The Labute approximate surface area is 84.6 Å². The van der Waals surface area contributed by atoms with E-state index in [4.69, 9.17) is 4.74 Å². The lowest BCUT2D eigenvalue weighted by Crippen LogP contribution is -2.27. The number of hydrogen-bond acceptors (Lipinski definition) is 1. The summed E-state index contributed by atoms with van der Waals surface area (Å²) in [5.74, 6) is -3.31. The van der Waals surface area contributed by atoms with Crippen molar-refractivity contribution in [1.29, 1.82) is 0 Å². The molecule has 86 valence electrons. The van der Waals surface area contributed by atoms with Crippen molar-refractivity contribution < 1.29 is 17.9 Å². The fraction of sp³-hybridized carbons (Fsp3) is 1.00. The summed E-state index contributed by atoms with van der Waals surface area (Å²) >= 11 is 0. The van der Waals surface area contributed by atoms with Crippen molar-refractivity contribution in [3.05, 3.63) is 0 Å². The quantitative estimate of drug-likeness (QED) is 0.479. The summed E-state index contributed by atoms with van der Waals surface area (Å²) < 4.78 is 41.0. The topological polar surface area (TPSA) is 9.23 Å². The zero-order valence-electron chi connectivity index (χ0n) is 9.08. The highest BCUT2D eigenvalue weighted by Gasteiger charge is 2.28. The molecule has 0 aliphatic rings. The molecular formula is C9H19F3OSi. The maximum atomic E-state index is 12.3. The zero-order chi connectivity index (χ0) is 11.2. The van der Waals surface area contributed by atoms with Crippen molar-refractivity contribution in [2.24, 2.45) is 0 Å². The molecule has 0 radical (unpaired) electrons. The molecule has 0 aromatic heterocycles. The van der Waals surface area contributed by atoms with Gasteiger partial charge in [0.2, 0.25) is 0 Å². The normalized spacial score (nSPS) is 13.3. The molecule has 0 unspecified atom stereocenters. The van der Waals surface area contributed by atoms with E-state index in [1.54, 1.807) is 0 Å². The third kappa shape index (κ3) is 8.56. The predicted molar refractivity (Wildman–Crippen MR) is 54.5 cm³/mol. The van der Waals surface area contributed by atoms with Crippen LogP contribution in [0, 0.1) is 0 Å². The third-order valence-corrected chi connectivity index (χ3v) is 3.58. The fourth-order valence-electron chi connectivity index (χ4n) is 0.965. The van der Waals surface area contributed by atoms with Gasteiger partial charge in [-0.2, -0.15) is 0 Å². The van der Waals surface area contributed by atoms with Crippen molar-refractivity contribution in [2.75, 3.05) is 19.9 Å². The molecule has 0 heterocycles. The molecule has 0 aliphatic carbocycles. The van der Waals surface area contributed by atoms with Crippen molar-refractivity contribution in [2.45, 2.75) is 38.0 Å². The number of ether oxygens (including phenoxy) is 1. The Balaban J connectivity index is 3.39. The highest BCUT2D eigenvalue weighted by atomic mass is 28.3. The van der Waals surface area contributed by atoms with Gasteiger partial charge in [-0.1, -0.05) is 25.7 Å². The van der Waals surface area contributed by atoms with Crippen LogP contribution in [-0.2, 0) is 4.74 Å². The van der Waals surface area contributed by atoms with E-state index in [9.17, 15) is 13.2 Å². The van der Waals surface area contributed by atoms with Gasteiger partial charge in [0, 0.05) is 14.7 Å². The van der Waals surface area contributed by atoms with E-state index in [0.717, 1.165) is 12.5 Å². The molecule has 0 aromatic carbocycles. The number of halogens is 3. The molecule has 0 saturated heterocycles. The zero-order valence-corrected chi connectivity index (χ0v) is 10.1. The summed E-state index contributed by atoms with van der Waals surface area (Å²) in [6.45, 7) is 4.51. The molecule has 0 bridgehead atoms. The van der Waals surface area contributed by atoms with Gasteiger partial charge in [-0.15, -0.1) is 0 Å². The lowest BCUT2D eigenvalue weighted by molar-refractivity contribution is -0.0898. The first-order valence-corrected chi connectivity index (χ1v) is 8.49. The van der Waals surface area contributed by atoms with E-state index < -0.39 is 27.3 Å². The highest BCUT2D eigenvalue weighted by molar-refractivity contribution is 6.76. The van der Waals surface area contributed by atoms with Crippen LogP contribution in [0.1, 0.15) is 6.42 Å². The van der Waals surface area contributed by atoms with Crippen LogP contribution in [0.5, 0.6) is 0 Å². The van der Waals surface area contributed by atoms with Crippen LogP contribution >= 0.6 is 0 Å². The van der Waals surface area contributed by atoms with Crippen LogP contribution in [0.2, 0.25) is 25.7 Å². The minimum absolute atomic E-state index is 0.305. The second-order valence-corrected chi connectivity index (χ2v) is 10.3. The van der Waals surface area contributed by atoms with Crippen molar-refractivity contribution >= 4 is 8.07 Å². The summed E-state index contributed by atoms with van der Waals surface area (Å²) in [7, 11) is -1.10. The molecule has 0 aromatic rings. The maximum Gasteiger partial charge on any atom is 0.298 e. The molecule has 0 spiro atoms. The van der Waals surface area contributed by atoms with Crippen molar-refractivity contribution in [3.8, 4) is 0 Å². The van der Waals surface area contributed by atoms with Crippen molar-refractivity contribution in [3.63, 3.8) is 0 Å². The van der Waals surface area contributed by atoms with Gasteiger partial charge in [0.25, 0.3) is 5.92 Å². The molecule has 0 atom stereocenters.